The molecule has 2 rings (SSSR count). The molecule has 1 heterocycles. The fourth-order valence-electron chi connectivity index (χ4n) is 2.73. The molecular weight excluding hydrogens is 226 g/mol. The van der Waals surface area contributed by atoms with E-state index < -0.39 is 0 Å². The van der Waals surface area contributed by atoms with Crippen molar-refractivity contribution in [1.29, 1.82) is 0 Å². The van der Waals surface area contributed by atoms with Gasteiger partial charge in [0.05, 0.1) is 6.61 Å². The zero-order valence-electron chi connectivity index (χ0n) is 11.6. The second-order valence-corrected chi connectivity index (χ2v) is 5.48. The summed E-state index contributed by atoms with van der Waals surface area (Å²) in [7, 11) is 3.83. The minimum absolute atomic E-state index is 0.514. The van der Waals surface area contributed by atoms with Gasteiger partial charge in [-0.15, -0.1) is 0 Å². The van der Waals surface area contributed by atoms with Gasteiger partial charge in [-0.2, -0.15) is 0 Å². The lowest BCUT2D eigenvalue weighted by atomic mass is 9.66. The molecule has 0 amide bonds. The van der Waals surface area contributed by atoms with Crippen LogP contribution in [0.4, 0.5) is 0 Å². The van der Waals surface area contributed by atoms with Crippen LogP contribution < -0.4 is 5.32 Å². The smallest absolute Gasteiger partial charge is 0.108 e. The topological polar surface area (TPSA) is 39.1 Å². The molecule has 0 aromatic carbocycles. The van der Waals surface area contributed by atoms with Gasteiger partial charge < -0.3 is 14.6 Å². The molecule has 1 N–H and O–H groups in total. The van der Waals surface area contributed by atoms with Crippen LogP contribution in [0.1, 0.15) is 31.5 Å². The van der Waals surface area contributed by atoms with Crippen LogP contribution >= 0.6 is 0 Å². The summed E-state index contributed by atoms with van der Waals surface area (Å²) in [5.41, 5.74) is 0.514. The summed E-state index contributed by atoms with van der Waals surface area (Å²) in [5, 5.41) is 3.52. The maximum absolute atomic E-state index is 5.07. The van der Waals surface area contributed by atoms with Crippen molar-refractivity contribution < 1.29 is 4.74 Å². The third kappa shape index (κ3) is 3.33. The summed E-state index contributed by atoms with van der Waals surface area (Å²) in [6.07, 6.45) is 10.4. The highest BCUT2D eigenvalue weighted by Gasteiger charge is 2.36. The molecule has 0 saturated heterocycles. The van der Waals surface area contributed by atoms with E-state index in [0.717, 1.165) is 26.1 Å². The zero-order valence-corrected chi connectivity index (χ0v) is 11.6. The van der Waals surface area contributed by atoms with Crippen molar-refractivity contribution in [1.82, 2.24) is 14.9 Å². The van der Waals surface area contributed by atoms with Crippen molar-refractivity contribution in [2.24, 2.45) is 12.5 Å². The Morgan fingerprint density at radius 1 is 1.50 bits per heavy atom. The molecule has 18 heavy (non-hydrogen) atoms. The molecule has 0 unspecified atom stereocenters. The highest BCUT2D eigenvalue weighted by atomic mass is 16.5. The lowest BCUT2D eigenvalue weighted by Gasteiger charge is -2.42. The molecule has 0 spiro atoms. The Bertz CT molecular complexity index is 358. The van der Waals surface area contributed by atoms with E-state index in [9.17, 15) is 0 Å². The normalized spacial score (nSPS) is 17.7. The first kappa shape index (κ1) is 13.6. The van der Waals surface area contributed by atoms with Crippen LogP contribution in [-0.2, 0) is 18.2 Å². The van der Waals surface area contributed by atoms with Gasteiger partial charge in [-0.1, -0.05) is 6.42 Å². The number of methoxy groups -OCH3 is 1. The third-order valence-corrected chi connectivity index (χ3v) is 4.20. The number of aryl methyl sites for hydroxylation is 2. The summed E-state index contributed by atoms with van der Waals surface area (Å²) in [4.78, 5) is 4.41. The van der Waals surface area contributed by atoms with E-state index >= 15 is 0 Å². The molecule has 4 heteroatoms. The van der Waals surface area contributed by atoms with Crippen molar-refractivity contribution in [3.05, 3.63) is 18.2 Å². The van der Waals surface area contributed by atoms with Crippen LogP contribution in [0.2, 0.25) is 0 Å². The predicted molar refractivity (Wildman–Crippen MR) is 72.6 cm³/mol. The summed E-state index contributed by atoms with van der Waals surface area (Å²) in [5.74, 6) is 1.21. The lowest BCUT2D eigenvalue weighted by Crippen LogP contribution is -2.41. The van der Waals surface area contributed by atoms with Gasteiger partial charge in [0.25, 0.3) is 0 Å². The van der Waals surface area contributed by atoms with Gasteiger partial charge in [0, 0.05) is 46.1 Å². The van der Waals surface area contributed by atoms with Crippen molar-refractivity contribution in [2.75, 3.05) is 26.8 Å². The van der Waals surface area contributed by atoms with Crippen LogP contribution in [0, 0.1) is 5.41 Å². The second-order valence-electron chi connectivity index (χ2n) is 5.48. The molecule has 0 radical (unpaired) electrons. The first-order valence-corrected chi connectivity index (χ1v) is 6.92. The monoisotopic (exact) mass is 251 g/mol. The van der Waals surface area contributed by atoms with Gasteiger partial charge in [-0.25, -0.2) is 4.98 Å². The molecule has 102 valence electrons. The summed E-state index contributed by atoms with van der Waals surface area (Å²) < 4.78 is 7.20. The van der Waals surface area contributed by atoms with E-state index in [2.05, 4.69) is 21.9 Å². The van der Waals surface area contributed by atoms with E-state index in [1.54, 1.807) is 7.11 Å². The fraction of sp³-hybridized carbons (Fsp3) is 0.786. The lowest BCUT2D eigenvalue weighted by molar-refractivity contribution is 0.110. The number of ether oxygens (including phenoxy) is 1. The second kappa shape index (κ2) is 6.34. The van der Waals surface area contributed by atoms with Gasteiger partial charge in [-0.3, -0.25) is 0 Å². The van der Waals surface area contributed by atoms with Crippen LogP contribution in [0.5, 0.6) is 0 Å². The Balaban J connectivity index is 1.76. The minimum Gasteiger partial charge on any atom is -0.383 e. The Hall–Kier alpha value is -0.870. The van der Waals surface area contributed by atoms with Crippen LogP contribution in [0.15, 0.2) is 12.4 Å². The van der Waals surface area contributed by atoms with Crippen molar-refractivity contribution in [2.45, 2.75) is 32.1 Å². The molecule has 0 bridgehead atoms. The van der Waals surface area contributed by atoms with E-state index in [4.69, 9.17) is 4.74 Å². The predicted octanol–water partition coefficient (Wildman–Crippen LogP) is 1.76. The molecule has 1 saturated carbocycles. The molecule has 1 aromatic heterocycles. The van der Waals surface area contributed by atoms with Crippen LogP contribution in [-0.4, -0.2) is 36.4 Å². The van der Waals surface area contributed by atoms with E-state index in [1.807, 2.05) is 12.4 Å². The van der Waals surface area contributed by atoms with Gasteiger partial charge in [0.15, 0.2) is 0 Å². The number of nitrogens with zero attached hydrogens (tertiary/aromatic N) is 2. The summed E-state index contributed by atoms with van der Waals surface area (Å²) in [6.45, 7) is 2.89. The number of aromatic nitrogens is 2. The van der Waals surface area contributed by atoms with Gasteiger partial charge in [0.2, 0.25) is 0 Å². The molecule has 1 aromatic rings. The molecular formula is C14H25N3O. The molecule has 0 atom stereocenters. The number of hydrogen-bond donors (Lipinski definition) is 1. The fourth-order valence-corrected chi connectivity index (χ4v) is 2.73. The van der Waals surface area contributed by atoms with Gasteiger partial charge in [-0.05, 0) is 24.7 Å². The zero-order chi connectivity index (χ0) is 12.8. The third-order valence-electron chi connectivity index (χ3n) is 4.20. The Labute approximate surface area is 110 Å². The number of nitrogens with one attached hydrogen (secondary N) is 1. The largest absolute Gasteiger partial charge is 0.383 e. The van der Waals surface area contributed by atoms with Gasteiger partial charge in [0.1, 0.15) is 5.82 Å². The molecule has 1 fully saturated rings. The first-order valence-electron chi connectivity index (χ1n) is 6.92. The molecule has 1 aliphatic rings. The van der Waals surface area contributed by atoms with E-state index in [1.165, 1.54) is 31.5 Å². The number of imidazole rings is 1. The maximum Gasteiger partial charge on any atom is 0.108 e. The van der Waals surface area contributed by atoms with Crippen molar-refractivity contribution >= 4 is 0 Å². The average molecular weight is 251 g/mol. The number of rotatable bonds is 8. The quantitative estimate of drug-likeness (QED) is 0.716. The first-order chi connectivity index (χ1) is 8.76. The molecule has 4 nitrogen and oxygen atoms in total. The van der Waals surface area contributed by atoms with Crippen LogP contribution in [0.3, 0.4) is 0 Å². The highest BCUT2D eigenvalue weighted by Crippen LogP contribution is 2.44. The average Bonchev–Trinajstić information content (AvgIpc) is 2.72. The minimum atomic E-state index is 0.514. The standard InChI is InChI=1S/C14H25N3O/c1-17-10-8-16-13(17)4-7-14(5-3-6-14)12-15-9-11-18-2/h8,10,15H,3-7,9,11-12H2,1-2H3. The Kier molecular flexibility index (Phi) is 4.78. The van der Waals surface area contributed by atoms with E-state index in [-0.39, 0.29) is 0 Å². The van der Waals surface area contributed by atoms with Crippen molar-refractivity contribution in [3.63, 3.8) is 0 Å². The molecule has 0 aliphatic heterocycles. The summed E-state index contributed by atoms with van der Waals surface area (Å²) >= 11 is 0. The summed E-state index contributed by atoms with van der Waals surface area (Å²) in [6, 6.07) is 0. The Morgan fingerprint density at radius 2 is 2.33 bits per heavy atom. The highest BCUT2D eigenvalue weighted by molar-refractivity contribution is 4.96. The van der Waals surface area contributed by atoms with Crippen LogP contribution in [0.25, 0.3) is 0 Å². The number of hydrogen-bond acceptors (Lipinski definition) is 3. The van der Waals surface area contributed by atoms with Crippen molar-refractivity contribution in [3.8, 4) is 0 Å². The molecule has 1 aliphatic carbocycles. The van der Waals surface area contributed by atoms with E-state index in [0.29, 0.717) is 5.41 Å². The Morgan fingerprint density at radius 3 is 2.89 bits per heavy atom. The van der Waals surface area contributed by atoms with Gasteiger partial charge >= 0.3 is 0 Å². The maximum atomic E-state index is 5.07. The SMILES string of the molecule is COCCNCC1(CCc2nccn2C)CCC1.